The molecular formula is C12H13N5O2. The summed E-state index contributed by atoms with van der Waals surface area (Å²) in [6.45, 7) is 0.400. The van der Waals surface area contributed by atoms with E-state index in [1.807, 2.05) is 12.1 Å². The third-order valence-corrected chi connectivity index (χ3v) is 3.08. The minimum Gasteiger partial charge on any atom is -0.330 e. The summed E-state index contributed by atoms with van der Waals surface area (Å²) in [5, 5.41) is 5.41. The number of aromatic nitrogens is 4. The van der Waals surface area contributed by atoms with E-state index in [0.717, 1.165) is 11.1 Å². The summed E-state index contributed by atoms with van der Waals surface area (Å²) in [7, 11) is 0. The molecular weight excluding hydrogens is 246 g/mol. The van der Waals surface area contributed by atoms with Crippen LogP contribution in [0, 0.1) is 0 Å². The Balaban J connectivity index is 2.18. The summed E-state index contributed by atoms with van der Waals surface area (Å²) in [5.74, 6) is 0. The molecule has 2 heterocycles. The molecule has 0 aliphatic rings. The van der Waals surface area contributed by atoms with Crippen molar-refractivity contribution in [2.24, 2.45) is 5.73 Å². The van der Waals surface area contributed by atoms with Crippen molar-refractivity contribution in [3.8, 4) is 11.3 Å². The Kier molecular flexibility index (Phi) is 2.60. The number of imidazole rings is 1. The fourth-order valence-electron chi connectivity index (χ4n) is 2.20. The molecule has 7 nitrogen and oxygen atoms in total. The highest BCUT2D eigenvalue weighted by atomic mass is 16.1. The second-order valence-corrected chi connectivity index (χ2v) is 4.31. The van der Waals surface area contributed by atoms with E-state index in [0.29, 0.717) is 29.7 Å². The molecule has 3 aromatic rings. The molecule has 0 spiro atoms. The maximum Gasteiger partial charge on any atom is 0.323 e. The zero-order chi connectivity index (χ0) is 13.4. The molecule has 0 saturated carbocycles. The number of hydrogen-bond donors (Lipinski definition) is 5. The fourth-order valence-corrected chi connectivity index (χ4v) is 2.20. The maximum atomic E-state index is 11.7. The lowest BCUT2D eigenvalue weighted by molar-refractivity contribution is 0.960. The van der Waals surface area contributed by atoms with Crippen molar-refractivity contribution >= 4 is 11.0 Å². The molecule has 0 fully saturated rings. The van der Waals surface area contributed by atoms with E-state index in [-0.39, 0.29) is 11.2 Å². The van der Waals surface area contributed by atoms with Gasteiger partial charge in [-0.3, -0.25) is 15.0 Å². The van der Waals surface area contributed by atoms with Crippen LogP contribution in [-0.4, -0.2) is 26.7 Å². The Morgan fingerprint density at radius 3 is 2.63 bits per heavy atom. The molecule has 6 N–H and O–H groups in total. The SMILES string of the molecule is NCCc1c(-c2ccc3[nH]c(=O)[nH]c3c2)[nH][nH]c1=O. The van der Waals surface area contributed by atoms with Gasteiger partial charge in [-0.1, -0.05) is 6.07 Å². The van der Waals surface area contributed by atoms with E-state index in [4.69, 9.17) is 5.73 Å². The number of rotatable bonds is 3. The van der Waals surface area contributed by atoms with Gasteiger partial charge in [-0.05, 0) is 25.1 Å². The van der Waals surface area contributed by atoms with Crippen molar-refractivity contribution in [2.45, 2.75) is 6.42 Å². The second-order valence-electron chi connectivity index (χ2n) is 4.31. The Labute approximate surface area is 106 Å². The van der Waals surface area contributed by atoms with Gasteiger partial charge in [-0.15, -0.1) is 0 Å². The van der Waals surface area contributed by atoms with Gasteiger partial charge < -0.3 is 15.7 Å². The predicted octanol–water partition coefficient (Wildman–Crippen LogP) is 0.0408. The molecule has 98 valence electrons. The zero-order valence-corrected chi connectivity index (χ0v) is 10.0. The minimum absolute atomic E-state index is 0.164. The molecule has 7 heteroatoms. The van der Waals surface area contributed by atoms with Crippen LogP contribution in [0.2, 0.25) is 0 Å². The molecule has 0 radical (unpaired) electrons. The van der Waals surface area contributed by atoms with Crippen molar-refractivity contribution in [1.29, 1.82) is 0 Å². The number of hydrogen-bond acceptors (Lipinski definition) is 3. The topological polar surface area (TPSA) is 123 Å². The minimum atomic E-state index is -0.253. The normalized spacial score (nSPS) is 11.2. The monoisotopic (exact) mass is 259 g/mol. The molecule has 0 bridgehead atoms. The first-order chi connectivity index (χ1) is 9.19. The number of H-pyrrole nitrogens is 4. The number of nitrogens with two attached hydrogens (primary N) is 1. The van der Waals surface area contributed by atoms with Crippen molar-refractivity contribution in [1.82, 2.24) is 20.2 Å². The van der Waals surface area contributed by atoms with Gasteiger partial charge in [0.15, 0.2) is 0 Å². The highest BCUT2D eigenvalue weighted by Crippen LogP contribution is 2.22. The summed E-state index contributed by atoms with van der Waals surface area (Å²) in [6, 6.07) is 5.44. The first-order valence-corrected chi connectivity index (χ1v) is 5.91. The first-order valence-electron chi connectivity index (χ1n) is 5.91. The van der Waals surface area contributed by atoms with Crippen LogP contribution < -0.4 is 17.0 Å². The van der Waals surface area contributed by atoms with Crippen LogP contribution in [-0.2, 0) is 6.42 Å². The van der Waals surface area contributed by atoms with Crippen molar-refractivity contribution in [3.05, 3.63) is 44.6 Å². The third kappa shape index (κ3) is 1.89. The molecule has 3 rings (SSSR count). The molecule has 0 aliphatic heterocycles. The molecule has 0 atom stereocenters. The van der Waals surface area contributed by atoms with E-state index in [9.17, 15) is 9.59 Å². The Bertz CT molecular complexity index is 836. The van der Waals surface area contributed by atoms with Crippen LogP contribution in [0.4, 0.5) is 0 Å². The molecule has 19 heavy (non-hydrogen) atoms. The lowest BCUT2D eigenvalue weighted by Gasteiger charge is -2.01. The van der Waals surface area contributed by atoms with Gasteiger partial charge in [0.05, 0.1) is 16.7 Å². The van der Waals surface area contributed by atoms with Gasteiger partial charge in [0, 0.05) is 11.1 Å². The number of nitrogens with one attached hydrogen (secondary N) is 4. The smallest absolute Gasteiger partial charge is 0.323 e. The van der Waals surface area contributed by atoms with Crippen LogP contribution in [0.25, 0.3) is 22.3 Å². The lowest BCUT2D eigenvalue weighted by Crippen LogP contribution is -2.12. The highest BCUT2D eigenvalue weighted by Gasteiger charge is 2.11. The zero-order valence-electron chi connectivity index (χ0n) is 10.0. The maximum absolute atomic E-state index is 11.7. The third-order valence-electron chi connectivity index (χ3n) is 3.08. The Morgan fingerprint density at radius 1 is 1.05 bits per heavy atom. The molecule has 0 aliphatic carbocycles. The van der Waals surface area contributed by atoms with Crippen LogP contribution in [0.1, 0.15) is 5.56 Å². The van der Waals surface area contributed by atoms with E-state index >= 15 is 0 Å². The van der Waals surface area contributed by atoms with Crippen LogP contribution in [0.3, 0.4) is 0 Å². The average molecular weight is 259 g/mol. The first kappa shape index (κ1) is 11.5. The summed E-state index contributed by atoms with van der Waals surface area (Å²) in [6.07, 6.45) is 0.496. The van der Waals surface area contributed by atoms with Crippen molar-refractivity contribution in [3.63, 3.8) is 0 Å². The molecule has 2 aromatic heterocycles. The fraction of sp³-hybridized carbons (Fsp3) is 0.167. The van der Waals surface area contributed by atoms with Crippen LogP contribution in [0.15, 0.2) is 27.8 Å². The van der Waals surface area contributed by atoms with Gasteiger partial charge in [-0.25, -0.2) is 4.79 Å². The van der Waals surface area contributed by atoms with Gasteiger partial charge in [0.25, 0.3) is 5.56 Å². The largest absolute Gasteiger partial charge is 0.330 e. The summed E-state index contributed by atoms with van der Waals surface area (Å²) < 4.78 is 0. The summed E-state index contributed by atoms with van der Waals surface area (Å²) in [4.78, 5) is 28.2. The second kappa shape index (κ2) is 4.29. The highest BCUT2D eigenvalue weighted by molar-refractivity contribution is 5.81. The van der Waals surface area contributed by atoms with E-state index in [1.54, 1.807) is 6.07 Å². The summed E-state index contributed by atoms with van der Waals surface area (Å²) >= 11 is 0. The molecule has 0 saturated heterocycles. The molecule has 1 aromatic carbocycles. The van der Waals surface area contributed by atoms with Crippen LogP contribution in [0.5, 0.6) is 0 Å². The van der Waals surface area contributed by atoms with E-state index in [1.165, 1.54) is 0 Å². The quantitative estimate of drug-likeness (QED) is 0.456. The number of aromatic amines is 4. The van der Waals surface area contributed by atoms with Gasteiger partial charge in [0.1, 0.15) is 0 Å². The number of benzene rings is 1. The van der Waals surface area contributed by atoms with Gasteiger partial charge >= 0.3 is 5.69 Å². The predicted molar refractivity (Wildman–Crippen MR) is 72.1 cm³/mol. The molecule has 0 unspecified atom stereocenters. The van der Waals surface area contributed by atoms with E-state index < -0.39 is 0 Å². The van der Waals surface area contributed by atoms with Crippen LogP contribution >= 0.6 is 0 Å². The van der Waals surface area contributed by atoms with E-state index in [2.05, 4.69) is 20.2 Å². The molecule has 0 amide bonds. The number of fused-ring (bicyclic) bond motifs is 1. The average Bonchev–Trinajstić information content (AvgIpc) is 2.92. The standard InChI is InChI=1S/C12H13N5O2/c13-4-3-7-10(16-17-11(7)18)6-1-2-8-9(5-6)15-12(19)14-8/h1-2,5H,3-4,13H2,(H2,14,15,19)(H2,16,17,18). The van der Waals surface area contributed by atoms with Crippen molar-refractivity contribution < 1.29 is 0 Å². The van der Waals surface area contributed by atoms with Gasteiger partial charge in [-0.2, -0.15) is 0 Å². The Hall–Kier alpha value is -2.54. The van der Waals surface area contributed by atoms with Crippen molar-refractivity contribution in [2.75, 3.05) is 6.54 Å². The Morgan fingerprint density at radius 2 is 1.84 bits per heavy atom. The lowest BCUT2D eigenvalue weighted by atomic mass is 10.1. The van der Waals surface area contributed by atoms with Gasteiger partial charge in [0.2, 0.25) is 0 Å². The summed E-state index contributed by atoms with van der Waals surface area (Å²) in [5.41, 5.74) is 8.68.